The van der Waals surface area contributed by atoms with E-state index in [9.17, 15) is 0 Å². The summed E-state index contributed by atoms with van der Waals surface area (Å²) in [5, 5.41) is 6.77. The molecule has 2 N–H and O–H groups in total. The van der Waals surface area contributed by atoms with Crippen molar-refractivity contribution in [2.24, 2.45) is 4.99 Å². The average molecular weight is 547 g/mol. The van der Waals surface area contributed by atoms with Gasteiger partial charge in [0.05, 0.1) is 19.0 Å². The zero-order chi connectivity index (χ0) is 22.1. The van der Waals surface area contributed by atoms with E-state index in [0.717, 1.165) is 30.4 Å². The second-order valence-corrected chi connectivity index (χ2v) is 7.88. The van der Waals surface area contributed by atoms with Crippen molar-refractivity contribution in [1.82, 2.24) is 20.2 Å². The predicted octanol–water partition coefficient (Wildman–Crippen LogP) is 4.90. The first kappa shape index (κ1) is 25.7. The van der Waals surface area contributed by atoms with Crippen LogP contribution in [0.3, 0.4) is 0 Å². The third-order valence-corrected chi connectivity index (χ3v) is 4.71. The molecular formula is C25H34IN5O. The molecule has 1 heterocycles. The predicted molar refractivity (Wildman–Crippen MR) is 142 cm³/mol. The number of nitrogens with zero attached hydrogens (tertiary/aromatic N) is 3. The number of guanidine groups is 1. The number of benzene rings is 2. The maximum atomic E-state index is 6.00. The Balaban J connectivity index is 0.00000363. The van der Waals surface area contributed by atoms with Crippen LogP contribution in [0.15, 0.2) is 66.2 Å². The highest BCUT2D eigenvalue weighted by atomic mass is 127. The van der Waals surface area contributed by atoms with Gasteiger partial charge in [-0.2, -0.15) is 0 Å². The molecule has 3 rings (SSSR count). The topological polar surface area (TPSA) is 63.5 Å². The molecule has 0 radical (unpaired) electrons. The maximum absolute atomic E-state index is 6.00. The number of nitrogens with one attached hydrogen (secondary N) is 2. The smallest absolute Gasteiger partial charge is 0.191 e. The molecule has 1 aromatic heterocycles. The Bertz CT molecular complexity index is 986. The van der Waals surface area contributed by atoms with Gasteiger partial charge in [0.15, 0.2) is 5.96 Å². The molecule has 0 spiro atoms. The number of hydrogen-bond acceptors (Lipinski definition) is 3. The SMILES string of the molecule is CCNC(=NCc1cccc(Cn2ccnc2)c1)NCc1ccc(C)cc1OC(C)C.I. The normalized spacial score (nSPS) is 11.2. The summed E-state index contributed by atoms with van der Waals surface area (Å²) in [6.07, 6.45) is 5.74. The molecule has 7 heteroatoms. The summed E-state index contributed by atoms with van der Waals surface area (Å²) in [7, 11) is 0. The maximum Gasteiger partial charge on any atom is 0.191 e. The molecule has 3 aromatic rings. The molecule has 0 saturated carbocycles. The van der Waals surface area contributed by atoms with Gasteiger partial charge in [-0.05, 0) is 50.5 Å². The number of aliphatic imine (C=N–C) groups is 1. The van der Waals surface area contributed by atoms with Crippen LogP contribution < -0.4 is 15.4 Å². The highest BCUT2D eigenvalue weighted by molar-refractivity contribution is 14.0. The zero-order valence-electron chi connectivity index (χ0n) is 19.3. The molecule has 0 bridgehead atoms. The summed E-state index contributed by atoms with van der Waals surface area (Å²) in [6, 6.07) is 14.8. The molecule has 2 aromatic carbocycles. The Morgan fingerprint density at radius 3 is 2.66 bits per heavy atom. The lowest BCUT2D eigenvalue weighted by Gasteiger charge is -2.17. The van der Waals surface area contributed by atoms with Gasteiger partial charge in [0.2, 0.25) is 0 Å². The van der Waals surface area contributed by atoms with Crippen LogP contribution in [-0.2, 0) is 19.6 Å². The van der Waals surface area contributed by atoms with E-state index in [4.69, 9.17) is 9.73 Å². The second kappa shape index (κ2) is 13.1. The van der Waals surface area contributed by atoms with Crippen LogP contribution >= 0.6 is 24.0 Å². The largest absolute Gasteiger partial charge is 0.491 e. The van der Waals surface area contributed by atoms with Crippen molar-refractivity contribution in [2.75, 3.05) is 6.54 Å². The molecule has 0 fully saturated rings. The van der Waals surface area contributed by atoms with Gasteiger partial charge < -0.3 is 19.9 Å². The van der Waals surface area contributed by atoms with Gasteiger partial charge in [-0.1, -0.05) is 36.4 Å². The van der Waals surface area contributed by atoms with E-state index in [1.807, 2.05) is 26.4 Å². The number of ether oxygens (including phenoxy) is 1. The minimum absolute atomic E-state index is 0. The molecular weight excluding hydrogens is 513 g/mol. The number of aromatic nitrogens is 2. The van der Waals surface area contributed by atoms with Crippen molar-refractivity contribution in [2.45, 2.75) is 53.4 Å². The molecule has 0 saturated heterocycles. The van der Waals surface area contributed by atoms with E-state index in [2.05, 4.69) is 76.5 Å². The van der Waals surface area contributed by atoms with Gasteiger partial charge in [-0.25, -0.2) is 9.98 Å². The van der Waals surface area contributed by atoms with Crippen molar-refractivity contribution in [3.05, 3.63) is 83.4 Å². The van der Waals surface area contributed by atoms with Crippen LogP contribution in [-0.4, -0.2) is 28.2 Å². The van der Waals surface area contributed by atoms with Crippen LogP contribution in [0, 0.1) is 6.92 Å². The fourth-order valence-electron chi connectivity index (χ4n) is 3.28. The average Bonchev–Trinajstić information content (AvgIpc) is 3.24. The van der Waals surface area contributed by atoms with Crippen LogP contribution in [0.1, 0.15) is 43.0 Å². The molecule has 0 amide bonds. The first-order valence-corrected chi connectivity index (χ1v) is 10.9. The fourth-order valence-corrected chi connectivity index (χ4v) is 3.28. The van der Waals surface area contributed by atoms with Crippen LogP contribution in [0.5, 0.6) is 5.75 Å². The Morgan fingerprint density at radius 2 is 1.94 bits per heavy atom. The van der Waals surface area contributed by atoms with Crippen molar-refractivity contribution in [3.8, 4) is 5.75 Å². The van der Waals surface area contributed by atoms with E-state index in [0.29, 0.717) is 13.1 Å². The Labute approximate surface area is 208 Å². The number of hydrogen-bond donors (Lipinski definition) is 2. The minimum Gasteiger partial charge on any atom is -0.491 e. The van der Waals surface area contributed by atoms with Crippen molar-refractivity contribution in [3.63, 3.8) is 0 Å². The molecule has 172 valence electrons. The van der Waals surface area contributed by atoms with E-state index in [-0.39, 0.29) is 30.1 Å². The summed E-state index contributed by atoms with van der Waals surface area (Å²) < 4.78 is 8.06. The summed E-state index contributed by atoms with van der Waals surface area (Å²) in [4.78, 5) is 8.89. The number of halogens is 1. The van der Waals surface area contributed by atoms with Gasteiger partial charge in [-0.15, -0.1) is 24.0 Å². The van der Waals surface area contributed by atoms with Gasteiger partial charge in [0, 0.05) is 37.6 Å². The van der Waals surface area contributed by atoms with Crippen LogP contribution in [0.2, 0.25) is 0 Å². The highest BCUT2D eigenvalue weighted by Crippen LogP contribution is 2.21. The van der Waals surface area contributed by atoms with Gasteiger partial charge in [-0.3, -0.25) is 0 Å². The fraction of sp³-hybridized carbons (Fsp3) is 0.360. The van der Waals surface area contributed by atoms with E-state index >= 15 is 0 Å². The first-order valence-electron chi connectivity index (χ1n) is 10.9. The Morgan fingerprint density at radius 1 is 1.12 bits per heavy atom. The molecule has 0 aliphatic heterocycles. The zero-order valence-corrected chi connectivity index (χ0v) is 21.7. The highest BCUT2D eigenvalue weighted by Gasteiger charge is 2.08. The summed E-state index contributed by atoms with van der Waals surface area (Å²) in [6.45, 7) is 11.1. The number of aryl methyl sites for hydroxylation is 1. The quantitative estimate of drug-likeness (QED) is 0.227. The lowest BCUT2D eigenvalue weighted by molar-refractivity contribution is 0.239. The third-order valence-electron chi connectivity index (χ3n) is 4.71. The van der Waals surface area contributed by atoms with E-state index in [1.165, 1.54) is 16.7 Å². The van der Waals surface area contributed by atoms with E-state index in [1.54, 1.807) is 6.20 Å². The summed E-state index contributed by atoms with van der Waals surface area (Å²) >= 11 is 0. The number of rotatable bonds is 9. The summed E-state index contributed by atoms with van der Waals surface area (Å²) in [5.74, 6) is 1.71. The molecule has 0 atom stereocenters. The van der Waals surface area contributed by atoms with Crippen molar-refractivity contribution in [1.29, 1.82) is 0 Å². The minimum atomic E-state index is 0. The molecule has 6 nitrogen and oxygen atoms in total. The Kier molecular flexibility index (Phi) is 10.5. The van der Waals surface area contributed by atoms with E-state index < -0.39 is 0 Å². The number of imidazole rings is 1. The Hall–Kier alpha value is -2.55. The van der Waals surface area contributed by atoms with Gasteiger partial charge in [0.25, 0.3) is 0 Å². The lowest BCUT2D eigenvalue weighted by atomic mass is 10.1. The molecule has 32 heavy (non-hydrogen) atoms. The summed E-state index contributed by atoms with van der Waals surface area (Å²) in [5.41, 5.74) is 4.72. The third kappa shape index (κ3) is 8.18. The lowest BCUT2D eigenvalue weighted by Crippen LogP contribution is -2.36. The standard InChI is InChI=1S/C25H33N5O.HI/c1-5-27-25(29-16-23-10-9-20(4)13-24(23)31-19(2)3)28-15-21-7-6-8-22(14-21)17-30-12-11-26-18-30;/h6-14,18-19H,5,15-17H2,1-4H3,(H2,27,28,29);1H. The van der Waals surface area contributed by atoms with Crippen LogP contribution in [0.4, 0.5) is 0 Å². The second-order valence-electron chi connectivity index (χ2n) is 7.88. The molecule has 0 unspecified atom stereocenters. The molecule has 0 aliphatic rings. The monoisotopic (exact) mass is 547 g/mol. The molecule has 0 aliphatic carbocycles. The first-order chi connectivity index (χ1) is 15.0. The van der Waals surface area contributed by atoms with Crippen molar-refractivity contribution < 1.29 is 4.74 Å². The van der Waals surface area contributed by atoms with Crippen LogP contribution in [0.25, 0.3) is 0 Å². The van der Waals surface area contributed by atoms with Gasteiger partial charge in [0.1, 0.15) is 5.75 Å². The van der Waals surface area contributed by atoms with Gasteiger partial charge >= 0.3 is 0 Å². The van der Waals surface area contributed by atoms with Crippen molar-refractivity contribution >= 4 is 29.9 Å².